The quantitative estimate of drug-likeness (QED) is 0.685. The van der Waals surface area contributed by atoms with Crippen LogP contribution in [0.2, 0.25) is 0 Å². The number of rotatable bonds is 5. The van der Waals surface area contributed by atoms with Gasteiger partial charge < -0.3 is 11.1 Å². The van der Waals surface area contributed by atoms with Crippen molar-refractivity contribution in [1.29, 1.82) is 0 Å². The van der Waals surface area contributed by atoms with Gasteiger partial charge in [-0.25, -0.2) is 0 Å². The van der Waals surface area contributed by atoms with Crippen molar-refractivity contribution in [1.82, 2.24) is 10.2 Å². The zero-order valence-corrected chi connectivity index (χ0v) is 9.83. The molecule has 0 aromatic carbocycles. The number of amides is 1. The normalized spacial score (nSPS) is 19.5. The monoisotopic (exact) mass is 213 g/mol. The van der Waals surface area contributed by atoms with Crippen LogP contribution in [0, 0.1) is 5.92 Å². The van der Waals surface area contributed by atoms with Gasteiger partial charge in [-0.3, -0.25) is 9.69 Å². The van der Waals surface area contributed by atoms with Crippen LogP contribution in [0.25, 0.3) is 0 Å². The van der Waals surface area contributed by atoms with E-state index in [1.165, 1.54) is 25.9 Å². The van der Waals surface area contributed by atoms with Crippen molar-refractivity contribution in [2.24, 2.45) is 11.7 Å². The van der Waals surface area contributed by atoms with Gasteiger partial charge in [0.05, 0.1) is 6.54 Å². The van der Waals surface area contributed by atoms with Gasteiger partial charge in [-0.05, 0) is 31.8 Å². The van der Waals surface area contributed by atoms with E-state index in [0.717, 1.165) is 6.54 Å². The van der Waals surface area contributed by atoms with Gasteiger partial charge in [0.1, 0.15) is 0 Å². The molecule has 1 atom stereocenters. The molecule has 1 saturated heterocycles. The summed E-state index contributed by atoms with van der Waals surface area (Å²) in [6, 6.07) is 0.461. The second-order valence-corrected chi connectivity index (χ2v) is 4.56. The standard InChI is InChI=1S/C11H23N3O/c1-9(2)10(8-13-11(15)7-12)14-5-3-4-6-14/h9-10H,3-8,12H2,1-2H3,(H,13,15). The molecule has 88 valence electrons. The molecule has 0 aromatic rings. The van der Waals surface area contributed by atoms with E-state index < -0.39 is 0 Å². The highest BCUT2D eigenvalue weighted by Gasteiger charge is 2.24. The summed E-state index contributed by atoms with van der Waals surface area (Å²) in [7, 11) is 0. The number of carbonyl (C=O) groups excluding carboxylic acids is 1. The topological polar surface area (TPSA) is 58.4 Å². The fourth-order valence-corrected chi connectivity index (χ4v) is 2.15. The smallest absolute Gasteiger partial charge is 0.233 e. The molecule has 1 amide bonds. The Bertz CT molecular complexity index is 200. The molecule has 1 heterocycles. The predicted octanol–water partition coefficient (Wildman–Crippen LogP) is 0.182. The van der Waals surface area contributed by atoms with Crippen molar-refractivity contribution >= 4 is 5.91 Å². The molecule has 0 bridgehead atoms. The highest BCUT2D eigenvalue weighted by atomic mass is 16.1. The van der Waals surface area contributed by atoms with Crippen molar-refractivity contribution in [2.75, 3.05) is 26.2 Å². The second kappa shape index (κ2) is 6.08. The molecule has 1 unspecified atom stereocenters. The molecule has 1 aliphatic rings. The van der Waals surface area contributed by atoms with E-state index in [4.69, 9.17) is 5.73 Å². The Morgan fingerprint density at radius 3 is 2.47 bits per heavy atom. The van der Waals surface area contributed by atoms with E-state index in [0.29, 0.717) is 12.0 Å². The van der Waals surface area contributed by atoms with Crippen LogP contribution in [-0.2, 0) is 4.79 Å². The predicted molar refractivity (Wildman–Crippen MR) is 61.5 cm³/mol. The van der Waals surface area contributed by atoms with Crippen LogP contribution in [-0.4, -0.2) is 43.0 Å². The summed E-state index contributed by atoms with van der Waals surface area (Å²) in [4.78, 5) is 13.6. The number of nitrogens with zero attached hydrogens (tertiary/aromatic N) is 1. The summed E-state index contributed by atoms with van der Waals surface area (Å²) < 4.78 is 0. The average molecular weight is 213 g/mol. The van der Waals surface area contributed by atoms with Crippen LogP contribution in [0.15, 0.2) is 0 Å². The molecule has 1 aliphatic heterocycles. The minimum absolute atomic E-state index is 0.0557. The Morgan fingerprint density at radius 1 is 1.40 bits per heavy atom. The van der Waals surface area contributed by atoms with Gasteiger partial charge in [0, 0.05) is 12.6 Å². The molecule has 1 rings (SSSR count). The van der Waals surface area contributed by atoms with Gasteiger partial charge in [0.2, 0.25) is 5.91 Å². The first kappa shape index (κ1) is 12.5. The molecule has 3 N–H and O–H groups in total. The number of hydrogen-bond donors (Lipinski definition) is 2. The lowest BCUT2D eigenvalue weighted by Gasteiger charge is -2.30. The molecule has 0 radical (unpaired) electrons. The largest absolute Gasteiger partial charge is 0.353 e. The van der Waals surface area contributed by atoms with Crippen LogP contribution in [0.4, 0.5) is 0 Å². The van der Waals surface area contributed by atoms with Gasteiger partial charge >= 0.3 is 0 Å². The van der Waals surface area contributed by atoms with E-state index >= 15 is 0 Å². The Morgan fingerprint density at radius 2 is 2.00 bits per heavy atom. The van der Waals surface area contributed by atoms with Gasteiger partial charge in [-0.1, -0.05) is 13.8 Å². The minimum atomic E-state index is -0.0557. The summed E-state index contributed by atoms with van der Waals surface area (Å²) >= 11 is 0. The molecule has 15 heavy (non-hydrogen) atoms. The summed E-state index contributed by atoms with van der Waals surface area (Å²) in [5.41, 5.74) is 5.26. The van der Waals surface area contributed by atoms with Crippen LogP contribution in [0.1, 0.15) is 26.7 Å². The lowest BCUT2D eigenvalue weighted by Crippen LogP contribution is -2.46. The van der Waals surface area contributed by atoms with Crippen molar-refractivity contribution in [2.45, 2.75) is 32.7 Å². The van der Waals surface area contributed by atoms with Crippen LogP contribution in [0.3, 0.4) is 0 Å². The van der Waals surface area contributed by atoms with Gasteiger partial charge in [-0.15, -0.1) is 0 Å². The SMILES string of the molecule is CC(C)C(CNC(=O)CN)N1CCCC1. The van der Waals surface area contributed by atoms with Crippen LogP contribution >= 0.6 is 0 Å². The van der Waals surface area contributed by atoms with Crippen molar-refractivity contribution < 1.29 is 4.79 Å². The van der Waals surface area contributed by atoms with Crippen molar-refractivity contribution in [3.05, 3.63) is 0 Å². The zero-order valence-electron chi connectivity index (χ0n) is 9.83. The lowest BCUT2D eigenvalue weighted by atomic mass is 10.0. The fraction of sp³-hybridized carbons (Fsp3) is 0.909. The maximum absolute atomic E-state index is 11.1. The molecular formula is C11H23N3O. The Balaban J connectivity index is 2.39. The third kappa shape index (κ3) is 3.80. The third-order valence-corrected chi connectivity index (χ3v) is 3.07. The number of hydrogen-bond acceptors (Lipinski definition) is 3. The molecule has 1 fully saturated rings. The van der Waals surface area contributed by atoms with Crippen molar-refractivity contribution in [3.63, 3.8) is 0 Å². The van der Waals surface area contributed by atoms with Crippen molar-refractivity contribution in [3.8, 4) is 0 Å². The first-order valence-corrected chi connectivity index (χ1v) is 5.86. The van der Waals surface area contributed by atoms with Crippen LogP contribution < -0.4 is 11.1 Å². The van der Waals surface area contributed by atoms with E-state index in [2.05, 4.69) is 24.1 Å². The Kier molecular flexibility index (Phi) is 5.05. The number of likely N-dealkylation sites (tertiary alicyclic amines) is 1. The highest BCUT2D eigenvalue weighted by molar-refractivity contribution is 5.77. The summed E-state index contributed by atoms with van der Waals surface area (Å²) in [6.07, 6.45) is 2.57. The third-order valence-electron chi connectivity index (χ3n) is 3.07. The number of nitrogens with two attached hydrogens (primary N) is 1. The molecule has 0 saturated carbocycles. The summed E-state index contributed by atoms with van der Waals surface area (Å²) in [5.74, 6) is 0.515. The highest BCUT2D eigenvalue weighted by Crippen LogP contribution is 2.16. The number of carbonyl (C=O) groups is 1. The maximum Gasteiger partial charge on any atom is 0.233 e. The van der Waals surface area contributed by atoms with E-state index in [-0.39, 0.29) is 12.5 Å². The average Bonchev–Trinajstić information content (AvgIpc) is 2.70. The van der Waals surface area contributed by atoms with Gasteiger partial charge in [0.15, 0.2) is 0 Å². The summed E-state index contributed by atoms with van der Waals surface area (Å²) in [6.45, 7) is 7.57. The van der Waals surface area contributed by atoms with E-state index in [9.17, 15) is 4.79 Å². The van der Waals surface area contributed by atoms with Gasteiger partial charge in [0.25, 0.3) is 0 Å². The molecule has 0 aromatic heterocycles. The Labute approximate surface area is 92.2 Å². The van der Waals surface area contributed by atoms with Crippen LogP contribution in [0.5, 0.6) is 0 Å². The lowest BCUT2D eigenvalue weighted by molar-refractivity contribution is -0.120. The first-order chi connectivity index (χ1) is 7.15. The molecular weight excluding hydrogens is 190 g/mol. The van der Waals surface area contributed by atoms with E-state index in [1.54, 1.807) is 0 Å². The second-order valence-electron chi connectivity index (χ2n) is 4.56. The number of nitrogens with one attached hydrogen (secondary N) is 1. The van der Waals surface area contributed by atoms with Gasteiger partial charge in [-0.2, -0.15) is 0 Å². The first-order valence-electron chi connectivity index (χ1n) is 5.86. The Hall–Kier alpha value is -0.610. The molecule has 0 spiro atoms. The summed E-state index contributed by atoms with van der Waals surface area (Å²) in [5, 5.41) is 2.89. The molecule has 4 heteroatoms. The minimum Gasteiger partial charge on any atom is -0.353 e. The molecule has 0 aliphatic carbocycles. The molecule has 4 nitrogen and oxygen atoms in total. The fourth-order valence-electron chi connectivity index (χ4n) is 2.15. The maximum atomic E-state index is 11.1. The van der Waals surface area contributed by atoms with E-state index in [1.807, 2.05) is 0 Å². The zero-order chi connectivity index (χ0) is 11.3.